The Kier molecular flexibility index (Phi) is 3.10. The molecule has 1 aliphatic rings. The molecular formula is C12H12BNO2. The van der Waals surface area contributed by atoms with Crippen molar-refractivity contribution in [3.05, 3.63) is 54.2 Å². The van der Waals surface area contributed by atoms with Gasteiger partial charge in [0.1, 0.15) is 0 Å². The minimum atomic E-state index is -0.800. The highest BCUT2D eigenvalue weighted by atomic mass is 16.4. The van der Waals surface area contributed by atoms with Gasteiger partial charge in [0.2, 0.25) is 0 Å². The summed E-state index contributed by atoms with van der Waals surface area (Å²) in [5.74, 6) is 1.26. The lowest BCUT2D eigenvalue weighted by Gasteiger charge is -2.12. The van der Waals surface area contributed by atoms with Crippen molar-refractivity contribution in [2.24, 2.45) is 0 Å². The number of hydrogen-bond acceptors (Lipinski definition) is 2. The number of carboxylic acids is 1. The van der Waals surface area contributed by atoms with Crippen molar-refractivity contribution in [2.75, 3.05) is 0 Å². The molecule has 0 aliphatic carbocycles. The summed E-state index contributed by atoms with van der Waals surface area (Å²) in [4.78, 5) is 10.5. The maximum Gasteiger partial charge on any atom is 0.312 e. The summed E-state index contributed by atoms with van der Waals surface area (Å²) in [6, 6.07) is 7.63. The number of benzene rings is 1. The highest BCUT2D eigenvalue weighted by Crippen LogP contribution is 2.00. The maximum absolute atomic E-state index is 10.5. The molecule has 0 fully saturated rings. The molecule has 2 N–H and O–H groups in total. The van der Waals surface area contributed by atoms with Crippen molar-refractivity contribution in [1.29, 1.82) is 0 Å². The SMILES string of the molecule is O=C(O)Cc1ccc(B2C=CC=CN2)cc1. The zero-order chi connectivity index (χ0) is 11.4. The van der Waals surface area contributed by atoms with Crippen LogP contribution in [-0.4, -0.2) is 17.9 Å². The zero-order valence-corrected chi connectivity index (χ0v) is 8.76. The molecule has 0 unspecified atom stereocenters. The van der Waals surface area contributed by atoms with Crippen molar-refractivity contribution in [1.82, 2.24) is 5.23 Å². The summed E-state index contributed by atoms with van der Waals surface area (Å²) in [5, 5.41) is 11.9. The van der Waals surface area contributed by atoms with Gasteiger partial charge in [-0.2, -0.15) is 0 Å². The van der Waals surface area contributed by atoms with Crippen molar-refractivity contribution in [2.45, 2.75) is 6.42 Å². The topological polar surface area (TPSA) is 49.3 Å². The second-order valence-electron chi connectivity index (χ2n) is 3.70. The van der Waals surface area contributed by atoms with Crippen molar-refractivity contribution >= 4 is 18.3 Å². The van der Waals surface area contributed by atoms with Gasteiger partial charge in [-0.05, 0) is 17.8 Å². The molecule has 0 atom stereocenters. The second kappa shape index (κ2) is 4.70. The number of nitrogens with one attached hydrogen (secondary N) is 1. The van der Waals surface area contributed by atoms with Gasteiger partial charge in [-0.1, -0.05) is 41.8 Å². The van der Waals surface area contributed by atoms with Gasteiger partial charge in [0, 0.05) is 0 Å². The van der Waals surface area contributed by atoms with Crippen LogP contribution in [0.4, 0.5) is 0 Å². The van der Waals surface area contributed by atoms with Crippen LogP contribution in [0.2, 0.25) is 0 Å². The lowest BCUT2D eigenvalue weighted by Crippen LogP contribution is -2.41. The third-order valence-electron chi connectivity index (χ3n) is 2.48. The number of rotatable bonds is 3. The Labute approximate surface area is 94.6 Å². The second-order valence-corrected chi connectivity index (χ2v) is 3.70. The molecule has 2 rings (SSSR count). The van der Waals surface area contributed by atoms with E-state index in [-0.39, 0.29) is 13.3 Å². The van der Waals surface area contributed by atoms with E-state index in [0.717, 1.165) is 11.0 Å². The van der Waals surface area contributed by atoms with E-state index in [1.54, 1.807) is 0 Å². The van der Waals surface area contributed by atoms with Gasteiger partial charge in [0.25, 0.3) is 0 Å². The molecule has 0 amide bonds. The molecule has 16 heavy (non-hydrogen) atoms. The van der Waals surface area contributed by atoms with Gasteiger partial charge < -0.3 is 10.3 Å². The van der Waals surface area contributed by atoms with Gasteiger partial charge in [-0.25, -0.2) is 0 Å². The highest BCUT2D eigenvalue weighted by Gasteiger charge is 2.13. The van der Waals surface area contributed by atoms with Crippen molar-refractivity contribution in [3.8, 4) is 0 Å². The minimum Gasteiger partial charge on any atom is -0.481 e. The predicted octanol–water partition coefficient (Wildman–Crippen LogP) is 0.724. The fraction of sp³-hybridized carbons (Fsp3) is 0.0833. The molecule has 1 aliphatic heterocycles. The van der Waals surface area contributed by atoms with E-state index in [1.165, 1.54) is 0 Å². The predicted molar refractivity (Wildman–Crippen MR) is 64.6 cm³/mol. The lowest BCUT2D eigenvalue weighted by atomic mass is 9.55. The average Bonchev–Trinajstić information content (AvgIpc) is 2.30. The van der Waals surface area contributed by atoms with Gasteiger partial charge >= 0.3 is 12.8 Å². The molecule has 0 spiro atoms. The van der Waals surface area contributed by atoms with E-state index in [9.17, 15) is 4.79 Å². The average molecular weight is 213 g/mol. The number of aliphatic carboxylic acids is 1. The zero-order valence-electron chi connectivity index (χ0n) is 8.76. The molecule has 1 aromatic rings. The molecule has 1 aromatic carbocycles. The number of allylic oxidation sites excluding steroid dienone is 2. The van der Waals surface area contributed by atoms with Gasteiger partial charge in [0.05, 0.1) is 6.42 Å². The Morgan fingerprint density at radius 2 is 2.00 bits per heavy atom. The van der Waals surface area contributed by atoms with Gasteiger partial charge in [-0.15, -0.1) is 0 Å². The molecule has 3 nitrogen and oxygen atoms in total. The first-order valence-electron chi connectivity index (χ1n) is 5.16. The Hall–Kier alpha value is -1.97. The van der Waals surface area contributed by atoms with Crippen LogP contribution in [0.1, 0.15) is 5.56 Å². The van der Waals surface area contributed by atoms with Crippen LogP contribution < -0.4 is 10.7 Å². The van der Waals surface area contributed by atoms with Crippen LogP contribution in [-0.2, 0) is 11.2 Å². The van der Waals surface area contributed by atoms with Crippen molar-refractivity contribution in [3.63, 3.8) is 0 Å². The molecule has 0 saturated heterocycles. The molecule has 80 valence electrons. The molecule has 0 saturated carbocycles. The summed E-state index contributed by atoms with van der Waals surface area (Å²) in [6.07, 6.45) is 5.91. The van der Waals surface area contributed by atoms with Gasteiger partial charge in [-0.3, -0.25) is 4.79 Å². The normalized spacial score (nSPS) is 13.6. The first-order valence-corrected chi connectivity index (χ1v) is 5.16. The van der Waals surface area contributed by atoms with Crippen LogP contribution in [0.25, 0.3) is 0 Å². The first-order chi connectivity index (χ1) is 7.75. The van der Waals surface area contributed by atoms with Crippen LogP contribution in [0.15, 0.2) is 48.6 Å². The molecular weight excluding hydrogens is 201 g/mol. The Bertz CT molecular complexity index is 437. The van der Waals surface area contributed by atoms with E-state index in [1.807, 2.05) is 42.6 Å². The summed E-state index contributed by atoms with van der Waals surface area (Å²) < 4.78 is 0. The van der Waals surface area contributed by atoms with Crippen LogP contribution in [0.5, 0.6) is 0 Å². The maximum atomic E-state index is 10.5. The van der Waals surface area contributed by atoms with Crippen LogP contribution in [0, 0.1) is 0 Å². The fourth-order valence-electron chi connectivity index (χ4n) is 1.67. The third kappa shape index (κ3) is 2.54. The number of carbonyl (C=O) groups is 1. The Morgan fingerprint density at radius 1 is 1.25 bits per heavy atom. The van der Waals surface area contributed by atoms with Crippen LogP contribution in [0.3, 0.4) is 0 Å². The van der Waals surface area contributed by atoms with Crippen molar-refractivity contribution < 1.29 is 9.90 Å². The molecule has 4 heteroatoms. The summed E-state index contributed by atoms with van der Waals surface area (Å²) in [6.45, 7) is 0.184. The first kappa shape index (κ1) is 10.5. The summed E-state index contributed by atoms with van der Waals surface area (Å²) in [7, 11) is 0. The largest absolute Gasteiger partial charge is 0.481 e. The number of hydrogen-bond donors (Lipinski definition) is 2. The van der Waals surface area contributed by atoms with Gasteiger partial charge in [0.15, 0.2) is 0 Å². The standard InChI is InChI=1S/C12H12BNO2/c15-12(16)9-10-3-5-11(6-4-10)13-7-1-2-8-14-13/h1-8,14H,9H2,(H,15,16). The number of carboxylic acid groups (broad SMARTS) is 1. The quantitative estimate of drug-likeness (QED) is 0.727. The van der Waals surface area contributed by atoms with E-state index < -0.39 is 5.97 Å². The smallest absolute Gasteiger partial charge is 0.312 e. The van der Waals surface area contributed by atoms with Crippen LogP contribution >= 0.6 is 0 Å². The Balaban J connectivity index is 2.10. The Morgan fingerprint density at radius 3 is 2.56 bits per heavy atom. The third-order valence-corrected chi connectivity index (χ3v) is 2.48. The molecule has 0 aromatic heterocycles. The monoisotopic (exact) mass is 213 g/mol. The minimum absolute atomic E-state index is 0.0775. The van der Waals surface area contributed by atoms with E-state index in [4.69, 9.17) is 5.11 Å². The summed E-state index contributed by atoms with van der Waals surface area (Å²) >= 11 is 0. The molecule has 0 radical (unpaired) electrons. The fourth-order valence-corrected chi connectivity index (χ4v) is 1.67. The van der Waals surface area contributed by atoms with E-state index >= 15 is 0 Å². The summed E-state index contributed by atoms with van der Waals surface area (Å²) in [5.41, 5.74) is 1.96. The van der Waals surface area contributed by atoms with E-state index in [0.29, 0.717) is 0 Å². The highest BCUT2D eigenvalue weighted by molar-refractivity contribution is 6.76. The molecule has 0 bridgehead atoms. The lowest BCUT2D eigenvalue weighted by molar-refractivity contribution is -0.136. The molecule has 1 heterocycles. The van der Waals surface area contributed by atoms with E-state index in [2.05, 4.69) is 11.2 Å².